The fourth-order valence-corrected chi connectivity index (χ4v) is 4.70. The number of fused-ring (bicyclic) bond motifs is 2. The summed E-state index contributed by atoms with van der Waals surface area (Å²) in [6.07, 6.45) is 1.79. The number of ether oxygens (including phenoxy) is 1. The van der Waals surface area contributed by atoms with E-state index < -0.39 is 0 Å². The van der Waals surface area contributed by atoms with Crippen LogP contribution in [-0.2, 0) is 11.3 Å². The van der Waals surface area contributed by atoms with Crippen molar-refractivity contribution in [1.82, 2.24) is 4.90 Å². The smallest absolute Gasteiger partial charge is 0.166 e. The highest BCUT2D eigenvalue weighted by atomic mass is 16.5. The minimum atomic E-state index is 0.107. The van der Waals surface area contributed by atoms with E-state index in [1.54, 1.807) is 0 Å². The first kappa shape index (κ1) is 18.4. The maximum Gasteiger partial charge on any atom is 0.166 e. The fourth-order valence-electron chi connectivity index (χ4n) is 4.70. The van der Waals surface area contributed by atoms with Crippen molar-refractivity contribution in [3.8, 4) is 0 Å². The number of morpholine rings is 1. The lowest BCUT2D eigenvalue weighted by Gasteiger charge is -2.48. The summed E-state index contributed by atoms with van der Waals surface area (Å²) < 4.78 is 5.85. The van der Waals surface area contributed by atoms with Crippen molar-refractivity contribution in [2.24, 2.45) is 5.92 Å². The Kier molecular flexibility index (Phi) is 5.42. The van der Waals surface area contributed by atoms with Crippen LogP contribution in [-0.4, -0.2) is 36.0 Å². The molecule has 2 saturated heterocycles. The van der Waals surface area contributed by atoms with Crippen LogP contribution in [0.15, 0.2) is 54.6 Å². The van der Waals surface area contributed by atoms with E-state index in [9.17, 15) is 4.79 Å². The molecule has 27 heavy (non-hydrogen) atoms. The molecular formula is C24H29NO2. The second-order valence-corrected chi connectivity index (χ2v) is 8.28. The Hall–Kier alpha value is -1.97. The van der Waals surface area contributed by atoms with E-state index in [4.69, 9.17) is 4.74 Å². The molecule has 2 aliphatic rings. The number of nitrogens with zero attached hydrogens (tertiary/aromatic N) is 1. The minimum Gasteiger partial charge on any atom is -0.378 e. The molecule has 3 heteroatoms. The predicted octanol–water partition coefficient (Wildman–Crippen LogP) is 4.67. The molecule has 3 nitrogen and oxygen atoms in total. The molecule has 2 aliphatic heterocycles. The Balaban J connectivity index is 1.52. The summed E-state index contributed by atoms with van der Waals surface area (Å²) in [6, 6.07) is 19.4. The van der Waals surface area contributed by atoms with Gasteiger partial charge in [-0.1, -0.05) is 68.4 Å². The zero-order valence-corrected chi connectivity index (χ0v) is 16.3. The average molecular weight is 364 g/mol. The molecule has 2 bridgehead atoms. The van der Waals surface area contributed by atoms with E-state index in [2.05, 4.69) is 55.1 Å². The monoisotopic (exact) mass is 363 g/mol. The third-order valence-electron chi connectivity index (χ3n) is 6.10. The summed E-state index contributed by atoms with van der Waals surface area (Å²) in [7, 11) is 0. The second-order valence-electron chi connectivity index (χ2n) is 8.28. The van der Waals surface area contributed by atoms with E-state index in [-0.39, 0.29) is 5.92 Å². The lowest BCUT2D eigenvalue weighted by atomic mass is 9.79. The number of benzene rings is 2. The van der Waals surface area contributed by atoms with Crippen molar-refractivity contribution in [2.45, 2.75) is 51.2 Å². The van der Waals surface area contributed by atoms with E-state index in [0.29, 0.717) is 23.8 Å². The highest BCUT2D eigenvalue weighted by Crippen LogP contribution is 2.35. The molecule has 2 aromatic carbocycles. The maximum absolute atomic E-state index is 13.4. The Morgan fingerprint density at radius 3 is 2.30 bits per heavy atom. The molecule has 0 N–H and O–H groups in total. The van der Waals surface area contributed by atoms with E-state index in [1.807, 2.05) is 18.2 Å². The quantitative estimate of drug-likeness (QED) is 0.723. The van der Waals surface area contributed by atoms with Crippen LogP contribution in [0.1, 0.15) is 54.1 Å². The van der Waals surface area contributed by atoms with Crippen LogP contribution in [0.2, 0.25) is 0 Å². The molecule has 0 spiro atoms. The van der Waals surface area contributed by atoms with Gasteiger partial charge >= 0.3 is 0 Å². The first-order valence-corrected chi connectivity index (χ1v) is 10.1. The molecule has 0 aromatic heterocycles. The molecule has 2 aromatic rings. The van der Waals surface area contributed by atoms with Gasteiger partial charge in [0.1, 0.15) is 0 Å². The Morgan fingerprint density at radius 1 is 1.00 bits per heavy atom. The predicted molar refractivity (Wildman–Crippen MR) is 108 cm³/mol. The van der Waals surface area contributed by atoms with Crippen LogP contribution in [0.25, 0.3) is 0 Å². The number of carbonyl (C=O) groups excluding carboxylic acids is 1. The normalized spacial score (nSPS) is 25.5. The number of piperidine rings is 1. The number of rotatable bonds is 5. The number of ketones is 1. The highest BCUT2D eigenvalue weighted by Gasteiger charge is 2.41. The summed E-state index contributed by atoms with van der Waals surface area (Å²) in [6.45, 7) is 6.75. The van der Waals surface area contributed by atoms with Crippen LogP contribution >= 0.6 is 0 Å². The van der Waals surface area contributed by atoms with Crippen LogP contribution in [0.3, 0.4) is 0 Å². The van der Waals surface area contributed by atoms with E-state index in [0.717, 1.165) is 38.2 Å². The summed E-state index contributed by atoms with van der Waals surface area (Å²) in [5.41, 5.74) is 3.44. The Bertz CT molecular complexity index is 772. The number of carbonyl (C=O) groups is 1. The summed E-state index contributed by atoms with van der Waals surface area (Å²) in [5.74, 6) is 0.803. The molecule has 0 amide bonds. The van der Waals surface area contributed by atoms with Gasteiger partial charge in [-0.2, -0.15) is 0 Å². The number of hydrogen-bond donors (Lipinski definition) is 0. The molecule has 2 unspecified atom stereocenters. The molecule has 2 heterocycles. The van der Waals surface area contributed by atoms with Gasteiger partial charge in [0.25, 0.3) is 0 Å². The largest absolute Gasteiger partial charge is 0.378 e. The molecule has 2 atom stereocenters. The van der Waals surface area contributed by atoms with Crippen LogP contribution < -0.4 is 0 Å². The van der Waals surface area contributed by atoms with Crippen molar-refractivity contribution in [3.63, 3.8) is 0 Å². The first-order chi connectivity index (χ1) is 13.1. The van der Waals surface area contributed by atoms with Gasteiger partial charge in [0.15, 0.2) is 5.78 Å². The van der Waals surface area contributed by atoms with Crippen molar-refractivity contribution in [1.29, 1.82) is 0 Å². The van der Waals surface area contributed by atoms with Gasteiger partial charge < -0.3 is 4.74 Å². The van der Waals surface area contributed by atoms with Crippen LogP contribution in [0.4, 0.5) is 0 Å². The SMILES string of the molecule is CC(C)c1ccccc1C(=O)C1CC2COCC(C1)N2Cc1ccccc1. The standard InChI is InChI=1S/C24H29NO2/c1-17(2)22-10-6-7-11-23(22)24(26)19-12-20-15-27-16-21(13-19)25(20)14-18-8-4-3-5-9-18/h3-11,17,19-21H,12-16H2,1-2H3. The van der Waals surface area contributed by atoms with Gasteiger partial charge in [-0.3, -0.25) is 9.69 Å². The van der Waals surface area contributed by atoms with Gasteiger partial charge in [0.05, 0.1) is 13.2 Å². The molecule has 0 aliphatic carbocycles. The lowest BCUT2D eigenvalue weighted by Crippen LogP contribution is -2.57. The van der Waals surface area contributed by atoms with Crippen molar-refractivity contribution in [2.75, 3.05) is 13.2 Å². The summed E-state index contributed by atoms with van der Waals surface area (Å²) in [5, 5.41) is 0. The zero-order chi connectivity index (χ0) is 18.8. The lowest BCUT2D eigenvalue weighted by molar-refractivity contribution is -0.0872. The van der Waals surface area contributed by atoms with Crippen LogP contribution in [0.5, 0.6) is 0 Å². The summed E-state index contributed by atoms with van der Waals surface area (Å²) in [4.78, 5) is 15.9. The minimum absolute atomic E-state index is 0.107. The van der Waals surface area contributed by atoms with Crippen molar-refractivity contribution in [3.05, 3.63) is 71.3 Å². The van der Waals surface area contributed by atoms with Gasteiger partial charge in [-0.15, -0.1) is 0 Å². The highest BCUT2D eigenvalue weighted by molar-refractivity contribution is 5.99. The Labute approximate surface area is 162 Å². The van der Waals surface area contributed by atoms with Crippen LogP contribution in [0, 0.1) is 5.92 Å². The third-order valence-corrected chi connectivity index (χ3v) is 6.10. The first-order valence-electron chi connectivity index (χ1n) is 10.1. The molecule has 2 fully saturated rings. The maximum atomic E-state index is 13.4. The third kappa shape index (κ3) is 3.85. The number of hydrogen-bond acceptors (Lipinski definition) is 3. The molecule has 0 radical (unpaired) electrons. The van der Waals surface area contributed by atoms with Gasteiger partial charge in [0, 0.05) is 30.1 Å². The average Bonchev–Trinajstić information content (AvgIpc) is 2.68. The van der Waals surface area contributed by atoms with E-state index in [1.165, 1.54) is 11.1 Å². The molecule has 0 saturated carbocycles. The fraction of sp³-hybridized carbons (Fsp3) is 0.458. The number of Topliss-reactive ketones (excluding diaryl/α,β-unsaturated/α-hetero) is 1. The second kappa shape index (κ2) is 7.95. The van der Waals surface area contributed by atoms with Gasteiger partial charge in [-0.25, -0.2) is 0 Å². The Morgan fingerprint density at radius 2 is 1.63 bits per heavy atom. The molecule has 4 rings (SSSR count). The topological polar surface area (TPSA) is 29.5 Å². The van der Waals surface area contributed by atoms with Crippen molar-refractivity contribution < 1.29 is 9.53 Å². The van der Waals surface area contributed by atoms with Crippen molar-refractivity contribution >= 4 is 5.78 Å². The van der Waals surface area contributed by atoms with E-state index >= 15 is 0 Å². The van der Waals surface area contributed by atoms with Gasteiger partial charge in [-0.05, 0) is 29.9 Å². The van der Waals surface area contributed by atoms with Gasteiger partial charge in [0.2, 0.25) is 0 Å². The molecular weight excluding hydrogens is 334 g/mol. The molecule has 142 valence electrons. The zero-order valence-electron chi connectivity index (χ0n) is 16.3. The summed E-state index contributed by atoms with van der Waals surface area (Å²) >= 11 is 0.